The average molecular weight is 306 g/mol. The quantitative estimate of drug-likeness (QED) is 0.479. The second-order valence-electron chi connectivity index (χ2n) is 5.55. The van der Waals surface area contributed by atoms with Gasteiger partial charge in [0.2, 0.25) is 0 Å². The Bertz CT molecular complexity index is 358. The Morgan fingerprint density at radius 1 is 0.905 bits per heavy atom. The molecule has 0 aromatic rings. The summed E-state index contributed by atoms with van der Waals surface area (Å²) in [7, 11) is 0. The molecule has 2 N–H and O–H groups in total. The molecule has 0 aliphatic rings. The first-order chi connectivity index (χ1) is 9.34. The highest BCUT2D eigenvalue weighted by molar-refractivity contribution is 5.78. The van der Waals surface area contributed by atoms with E-state index in [9.17, 15) is 24.6 Å². The lowest BCUT2D eigenvalue weighted by Crippen LogP contribution is -2.39. The summed E-state index contributed by atoms with van der Waals surface area (Å²) in [6.07, 6.45) is -1.03. The fourth-order valence-corrected chi connectivity index (χ4v) is 1.04. The third-order valence-corrected chi connectivity index (χ3v) is 2.13. The number of ether oxygens (including phenoxy) is 3. The molecule has 0 heterocycles. The average Bonchev–Trinajstić information content (AvgIpc) is 2.28. The van der Waals surface area contributed by atoms with Gasteiger partial charge in [0.1, 0.15) is 13.2 Å². The van der Waals surface area contributed by atoms with Crippen molar-refractivity contribution in [3.05, 3.63) is 0 Å². The molecule has 0 radical (unpaired) electrons. The monoisotopic (exact) mass is 306 g/mol. The fraction of sp³-hybridized carbons (Fsp3) is 0.769. The van der Waals surface area contributed by atoms with Crippen LogP contribution in [-0.2, 0) is 28.6 Å². The molecule has 8 nitrogen and oxygen atoms in total. The Kier molecular flexibility index (Phi) is 6.78. The van der Waals surface area contributed by atoms with Gasteiger partial charge in [0, 0.05) is 6.92 Å². The molecular formula is C13H22O8. The maximum absolute atomic E-state index is 11.4. The zero-order valence-electron chi connectivity index (χ0n) is 12.8. The summed E-state index contributed by atoms with van der Waals surface area (Å²) in [5.74, 6) is -2.47. The lowest BCUT2D eigenvalue weighted by molar-refractivity contribution is -0.177. The van der Waals surface area contributed by atoms with Gasteiger partial charge in [-0.3, -0.25) is 4.79 Å². The zero-order chi connectivity index (χ0) is 16.8. The summed E-state index contributed by atoms with van der Waals surface area (Å²) in [4.78, 5) is 33.7. The van der Waals surface area contributed by atoms with Crippen LogP contribution in [0.2, 0.25) is 0 Å². The number of hydrogen-bond acceptors (Lipinski definition) is 8. The van der Waals surface area contributed by atoms with Gasteiger partial charge < -0.3 is 24.4 Å². The van der Waals surface area contributed by atoms with Crippen LogP contribution in [0, 0.1) is 0 Å². The third kappa shape index (κ3) is 8.26. The van der Waals surface area contributed by atoms with Gasteiger partial charge >= 0.3 is 17.9 Å². The number of rotatable bonds is 7. The molecule has 21 heavy (non-hydrogen) atoms. The van der Waals surface area contributed by atoms with Crippen molar-refractivity contribution in [1.82, 2.24) is 0 Å². The van der Waals surface area contributed by atoms with Crippen molar-refractivity contribution in [3.63, 3.8) is 0 Å². The number of carbonyl (C=O) groups excluding carboxylic acids is 3. The summed E-state index contributed by atoms with van der Waals surface area (Å²) < 4.78 is 14.4. The molecule has 0 spiro atoms. The van der Waals surface area contributed by atoms with Crippen LogP contribution in [0.25, 0.3) is 0 Å². The molecule has 0 aliphatic carbocycles. The van der Waals surface area contributed by atoms with Crippen LogP contribution < -0.4 is 0 Å². The van der Waals surface area contributed by atoms with Gasteiger partial charge in [0.05, 0.1) is 0 Å². The van der Waals surface area contributed by atoms with Crippen LogP contribution in [0.1, 0.15) is 34.6 Å². The molecule has 0 saturated carbocycles. The van der Waals surface area contributed by atoms with E-state index in [4.69, 9.17) is 14.2 Å². The first-order valence-electron chi connectivity index (χ1n) is 6.30. The minimum absolute atomic E-state index is 0.387. The Labute approximate surface area is 123 Å². The summed E-state index contributed by atoms with van der Waals surface area (Å²) in [5, 5.41) is 18.8. The van der Waals surface area contributed by atoms with E-state index in [2.05, 4.69) is 0 Å². The molecule has 0 aromatic heterocycles. The lowest BCUT2D eigenvalue weighted by atomic mass is 10.1. The topological polar surface area (TPSA) is 119 Å². The first-order valence-corrected chi connectivity index (χ1v) is 6.30. The molecule has 0 bridgehead atoms. The van der Waals surface area contributed by atoms with Gasteiger partial charge in [-0.15, -0.1) is 0 Å². The van der Waals surface area contributed by atoms with Crippen molar-refractivity contribution >= 4 is 17.9 Å². The molecule has 0 atom stereocenters. The minimum Gasteiger partial charge on any atom is -0.459 e. The molecule has 122 valence electrons. The summed E-state index contributed by atoms with van der Waals surface area (Å²) >= 11 is 0. The van der Waals surface area contributed by atoms with Crippen molar-refractivity contribution in [2.45, 2.75) is 51.9 Å². The van der Waals surface area contributed by atoms with E-state index in [0.29, 0.717) is 0 Å². The van der Waals surface area contributed by atoms with E-state index in [1.54, 1.807) is 0 Å². The maximum atomic E-state index is 11.4. The predicted octanol–water partition coefficient (Wildman–Crippen LogP) is -0.454. The van der Waals surface area contributed by atoms with E-state index >= 15 is 0 Å². The van der Waals surface area contributed by atoms with Gasteiger partial charge in [0.25, 0.3) is 0 Å². The SMILES string of the molecule is CC(=O)OC(COC(=O)C(C)(C)O)COC(=O)C(C)(C)O. The van der Waals surface area contributed by atoms with E-state index in [1.807, 2.05) is 0 Å². The largest absolute Gasteiger partial charge is 0.459 e. The Morgan fingerprint density at radius 3 is 1.48 bits per heavy atom. The molecule has 8 heteroatoms. The highest BCUT2D eigenvalue weighted by Crippen LogP contribution is 2.08. The molecule has 0 rings (SSSR count). The van der Waals surface area contributed by atoms with Crippen LogP contribution in [-0.4, -0.2) is 58.6 Å². The third-order valence-electron chi connectivity index (χ3n) is 2.13. The first kappa shape index (κ1) is 19.3. The molecule has 0 amide bonds. The van der Waals surface area contributed by atoms with E-state index in [1.165, 1.54) is 27.7 Å². The summed E-state index contributed by atoms with van der Waals surface area (Å²) in [5.41, 5.74) is -3.38. The second kappa shape index (κ2) is 7.37. The molecule has 0 aliphatic heterocycles. The van der Waals surface area contributed by atoms with Crippen LogP contribution in [0.5, 0.6) is 0 Å². The fourth-order valence-electron chi connectivity index (χ4n) is 1.04. The maximum Gasteiger partial charge on any atom is 0.337 e. The standard InChI is InChI=1S/C13H22O8/c1-8(14)21-9(6-19-10(15)12(2,3)17)7-20-11(16)13(4,5)18/h9,17-18H,6-7H2,1-5H3. The van der Waals surface area contributed by atoms with Crippen molar-refractivity contribution in [3.8, 4) is 0 Å². The van der Waals surface area contributed by atoms with E-state index < -0.39 is 35.2 Å². The van der Waals surface area contributed by atoms with E-state index in [0.717, 1.165) is 6.92 Å². The highest BCUT2D eigenvalue weighted by atomic mass is 16.6. The Morgan fingerprint density at radius 2 is 1.24 bits per heavy atom. The van der Waals surface area contributed by atoms with Crippen molar-refractivity contribution < 1.29 is 38.8 Å². The van der Waals surface area contributed by atoms with Gasteiger partial charge in [-0.2, -0.15) is 0 Å². The van der Waals surface area contributed by atoms with Crippen LogP contribution in [0.4, 0.5) is 0 Å². The Hall–Kier alpha value is -1.67. The lowest BCUT2D eigenvalue weighted by Gasteiger charge is -2.22. The second-order valence-corrected chi connectivity index (χ2v) is 5.55. The summed E-state index contributed by atoms with van der Waals surface area (Å²) in [6.45, 7) is 5.33. The van der Waals surface area contributed by atoms with Gasteiger partial charge in [-0.25, -0.2) is 9.59 Å². The van der Waals surface area contributed by atoms with Crippen LogP contribution in [0.15, 0.2) is 0 Å². The smallest absolute Gasteiger partial charge is 0.337 e. The number of esters is 3. The van der Waals surface area contributed by atoms with Crippen LogP contribution >= 0.6 is 0 Å². The van der Waals surface area contributed by atoms with Gasteiger partial charge in [0.15, 0.2) is 17.3 Å². The van der Waals surface area contributed by atoms with E-state index in [-0.39, 0.29) is 13.2 Å². The number of hydrogen-bond donors (Lipinski definition) is 2. The zero-order valence-corrected chi connectivity index (χ0v) is 12.8. The van der Waals surface area contributed by atoms with Crippen molar-refractivity contribution in [2.24, 2.45) is 0 Å². The summed E-state index contributed by atoms with van der Waals surface area (Å²) in [6, 6.07) is 0. The van der Waals surface area contributed by atoms with Crippen molar-refractivity contribution in [2.75, 3.05) is 13.2 Å². The van der Waals surface area contributed by atoms with Crippen LogP contribution in [0.3, 0.4) is 0 Å². The Balaban J connectivity index is 4.50. The van der Waals surface area contributed by atoms with Crippen molar-refractivity contribution in [1.29, 1.82) is 0 Å². The minimum atomic E-state index is -1.69. The highest BCUT2D eigenvalue weighted by Gasteiger charge is 2.29. The molecular weight excluding hydrogens is 284 g/mol. The van der Waals surface area contributed by atoms with Gasteiger partial charge in [-0.1, -0.05) is 0 Å². The molecule has 0 fully saturated rings. The normalized spacial score (nSPS) is 12.0. The number of aliphatic hydroxyl groups is 2. The number of carbonyl (C=O) groups is 3. The molecule has 0 saturated heterocycles. The predicted molar refractivity (Wildman–Crippen MR) is 70.1 cm³/mol. The molecule has 0 aromatic carbocycles. The molecule has 0 unspecified atom stereocenters. The van der Waals surface area contributed by atoms with Gasteiger partial charge in [-0.05, 0) is 27.7 Å².